The number of para-hydroxylation sites is 1. The van der Waals surface area contributed by atoms with Crippen molar-refractivity contribution in [2.45, 2.75) is 58.0 Å². The molecule has 2 heterocycles. The number of nitrogens with one attached hydrogen (secondary N) is 1. The molecule has 170 valence electrons. The molecule has 0 saturated heterocycles. The third-order valence-corrected chi connectivity index (χ3v) is 6.24. The van der Waals surface area contributed by atoms with E-state index in [1.165, 1.54) is 11.8 Å². The number of fused-ring (bicyclic) bond motifs is 1. The number of thioether (sulfide) groups is 1. The minimum absolute atomic E-state index is 0.0699. The van der Waals surface area contributed by atoms with Crippen molar-refractivity contribution in [1.82, 2.24) is 24.8 Å². The summed E-state index contributed by atoms with van der Waals surface area (Å²) in [5.74, 6) is 0.0518. The minimum atomic E-state index is -0.124. The van der Waals surface area contributed by atoms with Crippen LogP contribution in [-0.4, -0.2) is 49.7 Å². The van der Waals surface area contributed by atoms with Crippen molar-refractivity contribution < 1.29 is 4.79 Å². The van der Waals surface area contributed by atoms with Gasteiger partial charge in [-0.2, -0.15) is 0 Å². The van der Waals surface area contributed by atoms with Gasteiger partial charge in [-0.25, -0.2) is 4.98 Å². The number of aromatic nitrogens is 3. The molecule has 1 N–H and O–H groups in total. The first kappa shape index (κ1) is 23.9. The van der Waals surface area contributed by atoms with Crippen LogP contribution in [0.1, 0.15) is 33.4 Å². The summed E-state index contributed by atoms with van der Waals surface area (Å²) in [4.78, 5) is 36.9. The lowest BCUT2D eigenvalue weighted by atomic mass is 10.2. The summed E-state index contributed by atoms with van der Waals surface area (Å²) in [6, 6.07) is 13.7. The van der Waals surface area contributed by atoms with Gasteiger partial charge in [-0.1, -0.05) is 30.0 Å². The molecule has 3 aromatic rings. The minimum Gasteiger partial charge on any atom is -0.350 e. The number of benzene rings is 1. The fourth-order valence-electron chi connectivity index (χ4n) is 3.66. The molecule has 0 aliphatic rings. The SMILES string of the molecule is CC(C)N(CCn1c(SCC(=O)NCc2ccccn2)nc2ccccc2c1=O)C(C)C. The van der Waals surface area contributed by atoms with Crippen molar-refractivity contribution in [1.29, 1.82) is 0 Å². The molecule has 0 aliphatic heterocycles. The topological polar surface area (TPSA) is 80.1 Å². The number of rotatable bonds is 10. The van der Waals surface area contributed by atoms with E-state index in [2.05, 4.69) is 42.9 Å². The van der Waals surface area contributed by atoms with Gasteiger partial charge in [0.2, 0.25) is 5.91 Å². The molecule has 1 aromatic carbocycles. The smallest absolute Gasteiger partial charge is 0.262 e. The molecule has 8 heteroatoms. The zero-order valence-corrected chi connectivity index (χ0v) is 19.9. The zero-order valence-electron chi connectivity index (χ0n) is 19.1. The first-order valence-electron chi connectivity index (χ1n) is 10.9. The average molecular weight is 454 g/mol. The highest BCUT2D eigenvalue weighted by Gasteiger charge is 2.17. The highest BCUT2D eigenvalue weighted by molar-refractivity contribution is 7.99. The number of pyridine rings is 1. The van der Waals surface area contributed by atoms with Gasteiger partial charge in [0.25, 0.3) is 5.56 Å². The van der Waals surface area contributed by atoms with Gasteiger partial charge in [0.05, 0.1) is 28.9 Å². The van der Waals surface area contributed by atoms with E-state index in [0.717, 1.165) is 12.2 Å². The van der Waals surface area contributed by atoms with E-state index >= 15 is 0 Å². The largest absolute Gasteiger partial charge is 0.350 e. The van der Waals surface area contributed by atoms with E-state index in [1.807, 2.05) is 36.4 Å². The number of nitrogens with zero attached hydrogens (tertiary/aromatic N) is 4. The molecule has 0 saturated carbocycles. The summed E-state index contributed by atoms with van der Waals surface area (Å²) in [7, 11) is 0. The summed E-state index contributed by atoms with van der Waals surface area (Å²) in [5.41, 5.74) is 1.38. The van der Waals surface area contributed by atoms with Gasteiger partial charge < -0.3 is 5.32 Å². The number of hydrogen-bond acceptors (Lipinski definition) is 6. The van der Waals surface area contributed by atoms with Crippen molar-refractivity contribution in [3.63, 3.8) is 0 Å². The van der Waals surface area contributed by atoms with Crippen LogP contribution in [0.15, 0.2) is 58.6 Å². The predicted octanol–water partition coefficient (Wildman–Crippen LogP) is 3.32. The van der Waals surface area contributed by atoms with Crippen LogP contribution in [-0.2, 0) is 17.9 Å². The third-order valence-electron chi connectivity index (χ3n) is 5.26. The first-order valence-corrected chi connectivity index (χ1v) is 11.9. The highest BCUT2D eigenvalue weighted by Crippen LogP contribution is 2.18. The van der Waals surface area contributed by atoms with Crippen LogP contribution >= 0.6 is 11.8 Å². The van der Waals surface area contributed by atoms with Crippen molar-refractivity contribution in [2.24, 2.45) is 0 Å². The van der Waals surface area contributed by atoms with Crippen LogP contribution in [0.25, 0.3) is 10.9 Å². The quantitative estimate of drug-likeness (QED) is 0.375. The Morgan fingerprint density at radius 3 is 2.50 bits per heavy atom. The van der Waals surface area contributed by atoms with Crippen LogP contribution in [0.2, 0.25) is 0 Å². The van der Waals surface area contributed by atoms with E-state index in [4.69, 9.17) is 4.98 Å². The zero-order chi connectivity index (χ0) is 23.1. The standard InChI is InChI=1S/C24H31N5O2S/c1-17(2)28(18(3)4)13-14-29-23(31)20-10-5-6-11-21(20)27-24(29)32-16-22(30)26-15-19-9-7-8-12-25-19/h5-12,17-18H,13-16H2,1-4H3,(H,26,30). The van der Waals surface area contributed by atoms with Crippen LogP contribution < -0.4 is 10.9 Å². The second-order valence-corrected chi connectivity index (χ2v) is 9.12. The molecule has 0 aliphatic carbocycles. The molecule has 0 radical (unpaired) electrons. The predicted molar refractivity (Wildman–Crippen MR) is 130 cm³/mol. The Morgan fingerprint density at radius 1 is 1.09 bits per heavy atom. The van der Waals surface area contributed by atoms with Gasteiger partial charge >= 0.3 is 0 Å². The van der Waals surface area contributed by atoms with Gasteiger partial charge in [-0.15, -0.1) is 0 Å². The molecular formula is C24H31N5O2S. The van der Waals surface area contributed by atoms with Crippen molar-refractivity contribution in [2.75, 3.05) is 12.3 Å². The molecule has 0 fully saturated rings. The second kappa shape index (κ2) is 11.2. The molecular weight excluding hydrogens is 422 g/mol. The Hall–Kier alpha value is -2.71. The van der Waals surface area contributed by atoms with Crippen LogP contribution in [0.4, 0.5) is 0 Å². The van der Waals surface area contributed by atoms with Crippen molar-refractivity contribution >= 4 is 28.6 Å². The van der Waals surface area contributed by atoms with E-state index in [9.17, 15) is 9.59 Å². The summed E-state index contributed by atoms with van der Waals surface area (Å²) in [6.07, 6.45) is 1.70. The van der Waals surface area contributed by atoms with Crippen LogP contribution in [0.3, 0.4) is 0 Å². The van der Waals surface area contributed by atoms with Gasteiger partial charge in [0.15, 0.2) is 5.16 Å². The Bertz CT molecular complexity index is 1090. The summed E-state index contributed by atoms with van der Waals surface area (Å²) in [5, 5.41) is 4.03. The molecule has 3 rings (SSSR count). The van der Waals surface area contributed by atoms with Gasteiger partial charge in [-0.3, -0.25) is 24.0 Å². The first-order chi connectivity index (χ1) is 15.4. The van der Waals surface area contributed by atoms with Crippen molar-refractivity contribution in [3.8, 4) is 0 Å². The fraction of sp³-hybridized carbons (Fsp3) is 0.417. The number of carbonyl (C=O) groups is 1. The molecule has 7 nitrogen and oxygen atoms in total. The highest BCUT2D eigenvalue weighted by atomic mass is 32.2. The molecule has 2 aromatic heterocycles. The van der Waals surface area contributed by atoms with Crippen LogP contribution in [0, 0.1) is 0 Å². The number of hydrogen-bond donors (Lipinski definition) is 1. The van der Waals surface area contributed by atoms with Crippen molar-refractivity contribution in [3.05, 3.63) is 64.7 Å². The summed E-state index contributed by atoms with van der Waals surface area (Å²) < 4.78 is 1.71. The fourth-order valence-corrected chi connectivity index (χ4v) is 4.51. The monoisotopic (exact) mass is 453 g/mol. The Balaban J connectivity index is 1.77. The van der Waals surface area contributed by atoms with E-state index in [0.29, 0.717) is 41.2 Å². The molecule has 1 amide bonds. The maximum absolute atomic E-state index is 13.2. The second-order valence-electron chi connectivity index (χ2n) is 8.18. The lowest BCUT2D eigenvalue weighted by Crippen LogP contribution is -2.40. The van der Waals surface area contributed by atoms with E-state index < -0.39 is 0 Å². The number of amides is 1. The van der Waals surface area contributed by atoms with Gasteiger partial charge in [-0.05, 0) is 52.0 Å². The van der Waals surface area contributed by atoms with Gasteiger partial charge in [0, 0.05) is 31.4 Å². The average Bonchev–Trinajstić information content (AvgIpc) is 2.78. The lowest BCUT2D eigenvalue weighted by Gasteiger charge is -2.30. The molecule has 0 spiro atoms. The molecule has 0 unspecified atom stereocenters. The maximum Gasteiger partial charge on any atom is 0.262 e. The summed E-state index contributed by atoms with van der Waals surface area (Å²) in [6.45, 7) is 10.2. The van der Waals surface area contributed by atoms with E-state index in [-0.39, 0.29) is 17.2 Å². The Morgan fingerprint density at radius 2 is 1.81 bits per heavy atom. The maximum atomic E-state index is 13.2. The van der Waals surface area contributed by atoms with E-state index in [1.54, 1.807) is 16.8 Å². The third kappa shape index (κ3) is 6.17. The van der Waals surface area contributed by atoms with Crippen LogP contribution in [0.5, 0.6) is 0 Å². The molecule has 0 atom stereocenters. The summed E-state index contributed by atoms with van der Waals surface area (Å²) >= 11 is 1.29. The Labute approximate surface area is 193 Å². The number of carbonyl (C=O) groups excluding carboxylic acids is 1. The molecule has 0 bridgehead atoms. The molecule has 32 heavy (non-hydrogen) atoms. The van der Waals surface area contributed by atoms with Gasteiger partial charge in [0.1, 0.15) is 0 Å². The Kier molecular flexibility index (Phi) is 8.41. The normalized spacial score (nSPS) is 11.6. The lowest BCUT2D eigenvalue weighted by molar-refractivity contribution is -0.118.